The second-order valence-electron chi connectivity index (χ2n) is 5.93. The van der Waals surface area contributed by atoms with Gasteiger partial charge in [-0.25, -0.2) is 0 Å². The van der Waals surface area contributed by atoms with Crippen LogP contribution in [0, 0.1) is 19.8 Å². The van der Waals surface area contributed by atoms with Gasteiger partial charge in [0.25, 0.3) is 0 Å². The lowest BCUT2D eigenvalue weighted by molar-refractivity contribution is -0.130. The number of hydrogen-bond acceptors (Lipinski definition) is 3. The highest BCUT2D eigenvalue weighted by atomic mass is 16.5. The van der Waals surface area contributed by atoms with Crippen molar-refractivity contribution in [1.29, 1.82) is 0 Å². The van der Waals surface area contributed by atoms with E-state index < -0.39 is 6.10 Å². The fraction of sp³-hybridized carbons (Fsp3) is 0.588. The molecule has 0 aliphatic heterocycles. The third-order valence-electron chi connectivity index (χ3n) is 4.60. The molecule has 1 aliphatic carbocycles. The SMILES string of the molecule is CO[C@@H]1C[C@H](C(=O)NCc2cccc(C)c2C)CC[C@@H]1O. The number of ether oxygens (including phenoxy) is 1. The number of hydrogen-bond donors (Lipinski definition) is 2. The number of aliphatic hydroxyl groups is 1. The first-order valence-corrected chi connectivity index (χ1v) is 7.56. The first-order valence-electron chi connectivity index (χ1n) is 7.56. The van der Waals surface area contributed by atoms with E-state index >= 15 is 0 Å². The molecule has 3 atom stereocenters. The Bertz CT molecular complexity index is 501. The van der Waals surface area contributed by atoms with Crippen LogP contribution in [0.3, 0.4) is 0 Å². The van der Waals surface area contributed by atoms with E-state index in [1.807, 2.05) is 12.1 Å². The lowest BCUT2D eigenvalue weighted by atomic mass is 9.84. The fourth-order valence-electron chi connectivity index (χ4n) is 2.93. The topological polar surface area (TPSA) is 58.6 Å². The largest absolute Gasteiger partial charge is 0.390 e. The van der Waals surface area contributed by atoms with E-state index in [-0.39, 0.29) is 17.9 Å². The zero-order valence-electron chi connectivity index (χ0n) is 13.1. The lowest BCUT2D eigenvalue weighted by Crippen LogP contribution is -2.41. The zero-order chi connectivity index (χ0) is 15.4. The van der Waals surface area contributed by atoms with Gasteiger partial charge in [-0.15, -0.1) is 0 Å². The molecule has 0 spiro atoms. The van der Waals surface area contributed by atoms with Gasteiger partial charge in [-0.3, -0.25) is 4.79 Å². The molecule has 0 aromatic heterocycles. The van der Waals surface area contributed by atoms with E-state index in [9.17, 15) is 9.90 Å². The number of aliphatic hydroxyl groups excluding tert-OH is 1. The second-order valence-corrected chi connectivity index (χ2v) is 5.93. The molecule has 1 fully saturated rings. The van der Waals surface area contributed by atoms with Gasteiger partial charge in [0.1, 0.15) is 0 Å². The molecule has 4 nitrogen and oxygen atoms in total. The van der Waals surface area contributed by atoms with Crippen molar-refractivity contribution in [2.24, 2.45) is 5.92 Å². The molecule has 116 valence electrons. The second kappa shape index (κ2) is 7.05. The Kier molecular flexibility index (Phi) is 5.37. The molecule has 1 aliphatic rings. The minimum absolute atomic E-state index is 0.0601. The van der Waals surface area contributed by atoms with E-state index in [2.05, 4.69) is 25.2 Å². The van der Waals surface area contributed by atoms with Crippen molar-refractivity contribution in [1.82, 2.24) is 5.32 Å². The Labute approximate surface area is 126 Å². The number of nitrogens with one attached hydrogen (secondary N) is 1. The maximum absolute atomic E-state index is 12.3. The molecule has 0 radical (unpaired) electrons. The van der Waals surface area contributed by atoms with Crippen LogP contribution in [0.15, 0.2) is 18.2 Å². The summed E-state index contributed by atoms with van der Waals surface area (Å²) in [6.45, 7) is 4.71. The first-order chi connectivity index (χ1) is 10.0. The van der Waals surface area contributed by atoms with Crippen molar-refractivity contribution in [2.75, 3.05) is 7.11 Å². The standard InChI is InChI=1S/C17H25NO3/c1-11-5-4-6-14(12(11)2)10-18-17(20)13-7-8-15(19)16(9-13)21-3/h4-6,13,15-16,19H,7-10H2,1-3H3,(H,18,20)/t13-,15+,16-/m1/s1. The summed E-state index contributed by atoms with van der Waals surface area (Å²) < 4.78 is 5.25. The molecular formula is C17H25NO3. The van der Waals surface area contributed by atoms with E-state index in [0.29, 0.717) is 19.4 Å². The summed E-state index contributed by atoms with van der Waals surface area (Å²) in [6, 6.07) is 6.14. The maximum atomic E-state index is 12.3. The predicted molar refractivity (Wildman–Crippen MR) is 81.9 cm³/mol. The molecule has 0 bridgehead atoms. The van der Waals surface area contributed by atoms with Crippen LogP contribution in [0.5, 0.6) is 0 Å². The Balaban J connectivity index is 1.91. The van der Waals surface area contributed by atoms with E-state index in [1.54, 1.807) is 7.11 Å². The quantitative estimate of drug-likeness (QED) is 0.893. The highest BCUT2D eigenvalue weighted by molar-refractivity contribution is 5.78. The van der Waals surface area contributed by atoms with E-state index in [4.69, 9.17) is 4.74 Å². The van der Waals surface area contributed by atoms with E-state index in [0.717, 1.165) is 12.0 Å². The molecule has 0 saturated heterocycles. The van der Waals surface area contributed by atoms with Crippen LogP contribution in [0.25, 0.3) is 0 Å². The molecule has 4 heteroatoms. The molecule has 2 N–H and O–H groups in total. The van der Waals surface area contributed by atoms with Crippen LogP contribution < -0.4 is 5.32 Å². The van der Waals surface area contributed by atoms with Crippen LogP contribution in [-0.4, -0.2) is 30.3 Å². The molecule has 1 saturated carbocycles. The number of aryl methyl sites for hydroxylation is 1. The molecule has 1 aromatic carbocycles. The van der Waals surface area contributed by atoms with Gasteiger partial charge in [0.05, 0.1) is 12.2 Å². The van der Waals surface area contributed by atoms with Crippen molar-refractivity contribution < 1.29 is 14.6 Å². The monoisotopic (exact) mass is 291 g/mol. The van der Waals surface area contributed by atoms with Gasteiger partial charge < -0.3 is 15.2 Å². The number of methoxy groups -OCH3 is 1. The van der Waals surface area contributed by atoms with Crippen molar-refractivity contribution in [3.8, 4) is 0 Å². The van der Waals surface area contributed by atoms with Crippen LogP contribution in [0.1, 0.15) is 36.0 Å². The average molecular weight is 291 g/mol. The molecule has 1 aromatic rings. The molecule has 2 rings (SSSR count). The average Bonchev–Trinajstić information content (AvgIpc) is 2.49. The van der Waals surface area contributed by atoms with Crippen molar-refractivity contribution in [3.05, 3.63) is 34.9 Å². The summed E-state index contributed by atoms with van der Waals surface area (Å²) in [4.78, 5) is 12.3. The minimum Gasteiger partial charge on any atom is -0.390 e. The highest BCUT2D eigenvalue weighted by Crippen LogP contribution is 2.26. The molecule has 21 heavy (non-hydrogen) atoms. The third-order valence-corrected chi connectivity index (χ3v) is 4.60. The fourth-order valence-corrected chi connectivity index (χ4v) is 2.93. The number of rotatable bonds is 4. The lowest BCUT2D eigenvalue weighted by Gasteiger charge is -2.31. The Morgan fingerprint density at radius 3 is 2.86 bits per heavy atom. The van der Waals surface area contributed by atoms with Gasteiger partial charge in [-0.05, 0) is 49.8 Å². The normalized spacial score (nSPS) is 25.6. The number of benzene rings is 1. The number of amides is 1. The summed E-state index contributed by atoms with van der Waals surface area (Å²) in [5.74, 6) is -0.00618. The van der Waals surface area contributed by atoms with E-state index in [1.165, 1.54) is 11.1 Å². The molecule has 0 heterocycles. The maximum Gasteiger partial charge on any atom is 0.223 e. The summed E-state index contributed by atoms with van der Waals surface area (Å²) in [5, 5.41) is 12.8. The van der Waals surface area contributed by atoms with Gasteiger partial charge >= 0.3 is 0 Å². The van der Waals surface area contributed by atoms with Crippen LogP contribution in [-0.2, 0) is 16.1 Å². The Hall–Kier alpha value is -1.39. The van der Waals surface area contributed by atoms with Crippen LogP contribution in [0.4, 0.5) is 0 Å². The number of carbonyl (C=O) groups is 1. The minimum atomic E-state index is -0.446. The molecular weight excluding hydrogens is 266 g/mol. The summed E-state index contributed by atoms with van der Waals surface area (Å²) in [7, 11) is 1.59. The van der Waals surface area contributed by atoms with Gasteiger partial charge in [0.2, 0.25) is 5.91 Å². The van der Waals surface area contributed by atoms with Gasteiger partial charge in [0.15, 0.2) is 0 Å². The van der Waals surface area contributed by atoms with Crippen LogP contribution >= 0.6 is 0 Å². The Morgan fingerprint density at radius 2 is 2.14 bits per heavy atom. The van der Waals surface area contributed by atoms with Gasteiger partial charge in [-0.2, -0.15) is 0 Å². The predicted octanol–water partition coefficient (Wildman–Crippen LogP) is 2.10. The van der Waals surface area contributed by atoms with Crippen molar-refractivity contribution in [3.63, 3.8) is 0 Å². The smallest absolute Gasteiger partial charge is 0.223 e. The highest BCUT2D eigenvalue weighted by Gasteiger charge is 2.32. The van der Waals surface area contributed by atoms with Gasteiger partial charge in [0, 0.05) is 19.6 Å². The summed E-state index contributed by atoms with van der Waals surface area (Å²) >= 11 is 0. The Morgan fingerprint density at radius 1 is 1.38 bits per heavy atom. The summed E-state index contributed by atoms with van der Waals surface area (Å²) in [5.41, 5.74) is 3.62. The molecule has 0 unspecified atom stereocenters. The third kappa shape index (κ3) is 3.83. The van der Waals surface area contributed by atoms with Crippen molar-refractivity contribution >= 4 is 5.91 Å². The zero-order valence-corrected chi connectivity index (χ0v) is 13.1. The first kappa shape index (κ1) is 16.0. The number of carbonyl (C=O) groups excluding carboxylic acids is 1. The molecule has 1 amide bonds. The van der Waals surface area contributed by atoms with Crippen LogP contribution in [0.2, 0.25) is 0 Å². The van der Waals surface area contributed by atoms with Gasteiger partial charge in [-0.1, -0.05) is 18.2 Å². The summed E-state index contributed by atoms with van der Waals surface area (Å²) in [6.07, 6.45) is 1.27. The van der Waals surface area contributed by atoms with Crippen molar-refractivity contribution in [2.45, 2.75) is 51.9 Å².